The van der Waals surface area contributed by atoms with Gasteiger partial charge >= 0.3 is 0 Å². The van der Waals surface area contributed by atoms with Crippen LogP contribution in [0.5, 0.6) is 0 Å². The van der Waals surface area contributed by atoms with Gasteiger partial charge in [0, 0.05) is 36.7 Å². The lowest BCUT2D eigenvalue weighted by molar-refractivity contribution is 0.765. The second-order valence-electron chi connectivity index (χ2n) is 8.98. The van der Waals surface area contributed by atoms with Gasteiger partial charge in [0.25, 0.3) is 0 Å². The minimum absolute atomic E-state index is 0.423. The summed E-state index contributed by atoms with van der Waals surface area (Å²) in [5.74, 6) is 0.912. The Balaban J connectivity index is 1.52. The van der Waals surface area contributed by atoms with Gasteiger partial charge in [-0.05, 0) is 69.8 Å². The Morgan fingerprint density at radius 2 is 1.09 bits per heavy atom. The topological polar surface area (TPSA) is 22.8 Å². The molecule has 1 aliphatic rings. The lowest BCUT2D eigenvalue weighted by Crippen LogP contribution is -2.27. The third kappa shape index (κ3) is 2.88. The van der Waals surface area contributed by atoms with Crippen LogP contribution in [0.3, 0.4) is 0 Å². The van der Waals surface area contributed by atoms with E-state index in [4.69, 9.17) is 0 Å². The summed E-state index contributed by atoms with van der Waals surface area (Å²) in [6.45, 7) is 0. The first-order valence-corrected chi connectivity index (χ1v) is 11.9. The fourth-order valence-corrected chi connectivity index (χ4v) is 5.67. The fourth-order valence-electron chi connectivity index (χ4n) is 5.67. The Kier molecular flexibility index (Phi) is 4.36. The molecule has 35 heavy (non-hydrogen) atoms. The van der Waals surface area contributed by atoms with Crippen molar-refractivity contribution in [2.45, 2.75) is 5.41 Å². The molecule has 7 rings (SSSR count). The number of hydrogen-bond acceptors (Lipinski definition) is 1. The maximum absolute atomic E-state index is 4.58. The standard InChI is InChI=1S/C32H23N3/c1-2-10-26(11-3-1)34-20-17-24(22-34)32(25-18-21-35(23-25)31-16-8-9-19-33-31)29-14-6-4-12-27(29)28-13-5-7-15-30(28)32/h1-23H. The Morgan fingerprint density at radius 3 is 1.74 bits per heavy atom. The lowest BCUT2D eigenvalue weighted by Gasteiger charge is -2.31. The van der Waals surface area contributed by atoms with Gasteiger partial charge in [0.2, 0.25) is 0 Å². The predicted octanol–water partition coefficient (Wildman–Crippen LogP) is 7.03. The minimum Gasteiger partial charge on any atom is -0.324 e. The largest absolute Gasteiger partial charge is 0.324 e. The van der Waals surface area contributed by atoms with Crippen molar-refractivity contribution in [1.82, 2.24) is 14.1 Å². The van der Waals surface area contributed by atoms with Crippen LogP contribution in [0, 0.1) is 0 Å². The molecule has 0 saturated heterocycles. The molecule has 0 atom stereocenters. The molecule has 3 heteroatoms. The van der Waals surface area contributed by atoms with Crippen LogP contribution in [-0.2, 0) is 5.41 Å². The van der Waals surface area contributed by atoms with Crippen LogP contribution in [0.4, 0.5) is 0 Å². The molecular weight excluding hydrogens is 426 g/mol. The molecule has 0 N–H and O–H groups in total. The van der Waals surface area contributed by atoms with E-state index < -0.39 is 5.41 Å². The highest BCUT2D eigenvalue weighted by atomic mass is 15.0. The highest BCUT2D eigenvalue weighted by Gasteiger charge is 2.46. The number of benzene rings is 3. The number of fused-ring (bicyclic) bond motifs is 3. The van der Waals surface area contributed by atoms with E-state index in [1.807, 2.05) is 24.4 Å². The average molecular weight is 450 g/mol. The number of nitrogens with zero attached hydrogens (tertiary/aromatic N) is 3. The van der Waals surface area contributed by atoms with Crippen LogP contribution >= 0.6 is 0 Å². The summed E-state index contributed by atoms with van der Waals surface area (Å²) in [6, 6.07) is 38.7. The van der Waals surface area contributed by atoms with Crippen molar-refractivity contribution >= 4 is 0 Å². The maximum Gasteiger partial charge on any atom is 0.136 e. The molecule has 0 aliphatic heterocycles. The van der Waals surface area contributed by atoms with Crippen molar-refractivity contribution in [3.63, 3.8) is 0 Å². The van der Waals surface area contributed by atoms with Crippen molar-refractivity contribution in [3.05, 3.63) is 162 Å². The highest BCUT2D eigenvalue weighted by molar-refractivity contribution is 5.86. The molecular formula is C32H23N3. The Morgan fingerprint density at radius 1 is 0.514 bits per heavy atom. The minimum atomic E-state index is -0.423. The summed E-state index contributed by atoms with van der Waals surface area (Å²) in [4.78, 5) is 4.58. The van der Waals surface area contributed by atoms with Crippen molar-refractivity contribution in [2.24, 2.45) is 0 Å². The van der Waals surface area contributed by atoms with Crippen molar-refractivity contribution in [2.75, 3.05) is 0 Å². The lowest BCUT2D eigenvalue weighted by atomic mass is 9.69. The van der Waals surface area contributed by atoms with E-state index in [2.05, 4.69) is 130 Å². The van der Waals surface area contributed by atoms with Crippen molar-refractivity contribution in [3.8, 4) is 22.6 Å². The van der Waals surface area contributed by atoms with Gasteiger partial charge in [0.05, 0.1) is 5.41 Å². The molecule has 0 spiro atoms. The maximum atomic E-state index is 4.58. The Labute approximate surface area is 204 Å². The second-order valence-corrected chi connectivity index (χ2v) is 8.98. The fraction of sp³-hybridized carbons (Fsp3) is 0.0312. The van der Waals surface area contributed by atoms with Crippen LogP contribution in [0.1, 0.15) is 22.3 Å². The molecule has 3 aromatic heterocycles. The summed E-state index contributed by atoms with van der Waals surface area (Å²) in [7, 11) is 0. The van der Waals surface area contributed by atoms with Gasteiger partial charge in [0.1, 0.15) is 5.82 Å². The summed E-state index contributed by atoms with van der Waals surface area (Å²) >= 11 is 0. The molecule has 0 bridgehead atoms. The molecule has 0 unspecified atom stereocenters. The number of rotatable bonds is 4. The monoisotopic (exact) mass is 449 g/mol. The first-order valence-electron chi connectivity index (χ1n) is 11.9. The third-order valence-corrected chi connectivity index (χ3v) is 7.17. The van der Waals surface area contributed by atoms with E-state index in [9.17, 15) is 0 Å². The van der Waals surface area contributed by atoms with Gasteiger partial charge < -0.3 is 9.13 Å². The number of para-hydroxylation sites is 1. The highest BCUT2D eigenvalue weighted by Crippen LogP contribution is 2.56. The molecule has 0 fully saturated rings. The molecule has 3 nitrogen and oxygen atoms in total. The summed E-state index contributed by atoms with van der Waals surface area (Å²) in [5.41, 5.74) is 8.41. The van der Waals surface area contributed by atoms with Gasteiger partial charge in [-0.15, -0.1) is 0 Å². The zero-order valence-corrected chi connectivity index (χ0v) is 19.1. The SMILES string of the molecule is c1ccc(-n2ccc(C3(c4ccn(-c5ccccn5)c4)c4ccccc4-c4ccccc43)c2)cc1. The Bertz CT molecular complexity index is 1520. The van der Waals surface area contributed by atoms with Crippen LogP contribution in [-0.4, -0.2) is 14.1 Å². The molecule has 0 saturated carbocycles. The number of pyridine rings is 1. The second kappa shape index (κ2) is 7.71. The van der Waals surface area contributed by atoms with Gasteiger partial charge in [-0.25, -0.2) is 4.98 Å². The van der Waals surface area contributed by atoms with Gasteiger partial charge in [-0.3, -0.25) is 0 Å². The van der Waals surface area contributed by atoms with E-state index in [1.54, 1.807) is 0 Å². The quantitative estimate of drug-likeness (QED) is 0.283. The number of aromatic nitrogens is 3. The molecule has 3 aromatic carbocycles. The van der Waals surface area contributed by atoms with Crippen LogP contribution in [0.15, 0.2) is 140 Å². The Hall–Kier alpha value is -4.63. The third-order valence-electron chi connectivity index (χ3n) is 7.17. The van der Waals surface area contributed by atoms with Gasteiger partial charge in [-0.1, -0.05) is 72.8 Å². The van der Waals surface area contributed by atoms with Crippen LogP contribution in [0.2, 0.25) is 0 Å². The van der Waals surface area contributed by atoms with Crippen LogP contribution in [0.25, 0.3) is 22.6 Å². The summed E-state index contributed by atoms with van der Waals surface area (Å²) in [6.07, 6.45) is 10.7. The van der Waals surface area contributed by atoms with Gasteiger partial charge in [-0.2, -0.15) is 0 Å². The zero-order chi connectivity index (χ0) is 23.2. The van der Waals surface area contributed by atoms with Crippen LogP contribution < -0.4 is 0 Å². The predicted molar refractivity (Wildman–Crippen MR) is 140 cm³/mol. The first-order chi connectivity index (χ1) is 17.4. The normalized spacial score (nSPS) is 13.4. The molecule has 0 amide bonds. The van der Waals surface area contributed by atoms with E-state index in [0.29, 0.717) is 0 Å². The molecule has 1 aliphatic carbocycles. The molecule has 6 aromatic rings. The van der Waals surface area contributed by atoms with E-state index in [1.165, 1.54) is 33.4 Å². The molecule has 166 valence electrons. The molecule has 0 radical (unpaired) electrons. The van der Waals surface area contributed by atoms with Gasteiger partial charge in [0.15, 0.2) is 0 Å². The summed E-state index contributed by atoms with van der Waals surface area (Å²) < 4.78 is 4.34. The van der Waals surface area contributed by atoms with E-state index in [0.717, 1.165) is 11.5 Å². The smallest absolute Gasteiger partial charge is 0.136 e. The average Bonchev–Trinajstić information content (AvgIpc) is 3.67. The number of hydrogen-bond donors (Lipinski definition) is 0. The van der Waals surface area contributed by atoms with E-state index >= 15 is 0 Å². The van der Waals surface area contributed by atoms with Crippen molar-refractivity contribution < 1.29 is 0 Å². The van der Waals surface area contributed by atoms with E-state index in [-0.39, 0.29) is 0 Å². The van der Waals surface area contributed by atoms with Crippen molar-refractivity contribution in [1.29, 1.82) is 0 Å². The summed E-state index contributed by atoms with van der Waals surface area (Å²) in [5, 5.41) is 0. The molecule has 3 heterocycles. The first kappa shape index (κ1) is 19.8. The zero-order valence-electron chi connectivity index (χ0n) is 19.1.